The van der Waals surface area contributed by atoms with Gasteiger partial charge in [-0.3, -0.25) is 0 Å². The summed E-state index contributed by atoms with van der Waals surface area (Å²) in [6, 6.07) is 9.60. The lowest BCUT2D eigenvalue weighted by atomic mass is 10.1. The Kier molecular flexibility index (Phi) is 9.54. The van der Waals surface area contributed by atoms with Gasteiger partial charge >= 0.3 is 18.4 Å². The molecular weight excluding hydrogens is 604 g/mol. The Morgan fingerprint density at radius 2 is 1.58 bits per heavy atom. The summed E-state index contributed by atoms with van der Waals surface area (Å²) in [7, 11) is -3.79. The van der Waals surface area contributed by atoms with Crippen LogP contribution >= 0.6 is 0 Å². The van der Waals surface area contributed by atoms with Crippen LogP contribution in [0.1, 0.15) is 32.3 Å². The molecule has 4 rings (SSSR count). The zero-order chi connectivity index (χ0) is 31.4. The van der Waals surface area contributed by atoms with Crippen molar-refractivity contribution < 1.29 is 39.5 Å². The molecule has 1 fully saturated rings. The maximum absolute atomic E-state index is 13.2. The van der Waals surface area contributed by atoms with Crippen LogP contribution in [0, 0.1) is 0 Å². The van der Waals surface area contributed by atoms with Gasteiger partial charge in [-0.25, -0.2) is 8.42 Å². The molecule has 17 heteroatoms. The summed E-state index contributed by atoms with van der Waals surface area (Å²) in [5, 5.41) is 8.65. The number of rotatable bonds is 10. The van der Waals surface area contributed by atoms with Gasteiger partial charge in [0.15, 0.2) is 6.61 Å². The standard InChI is InChI=1S/C26H29F6N7O3S/c1-16(2)33-20-7-4-8-21(14-20)43(40,41)39-11-9-18(10-12-39)34-22-36-23(38-24(37-22)42-15-25(27,28)29)35-19-6-3-5-17(13-19)26(30,31)32/h3-8,13-14,16,18,33H,9-12,15H2,1-2H3,(H2,34,35,36,37,38). The Morgan fingerprint density at radius 1 is 0.930 bits per heavy atom. The average Bonchev–Trinajstić information content (AvgIpc) is 2.91. The Morgan fingerprint density at radius 3 is 2.23 bits per heavy atom. The van der Waals surface area contributed by atoms with Crippen molar-refractivity contribution in [3.8, 4) is 6.01 Å². The Labute approximate surface area is 243 Å². The lowest BCUT2D eigenvalue weighted by Gasteiger charge is -2.31. The molecule has 0 amide bonds. The molecule has 0 aliphatic carbocycles. The van der Waals surface area contributed by atoms with Gasteiger partial charge in [0.05, 0.1) is 10.5 Å². The van der Waals surface area contributed by atoms with Crippen molar-refractivity contribution in [2.45, 2.75) is 56.0 Å². The quantitative estimate of drug-likeness (QED) is 0.243. The molecule has 3 aromatic rings. The van der Waals surface area contributed by atoms with E-state index in [0.29, 0.717) is 18.5 Å². The van der Waals surface area contributed by atoms with Crippen LogP contribution in [0.2, 0.25) is 0 Å². The summed E-state index contributed by atoms with van der Waals surface area (Å²) >= 11 is 0. The average molecular weight is 634 g/mol. The number of hydrogen-bond acceptors (Lipinski definition) is 9. The Hall–Kier alpha value is -3.86. The zero-order valence-electron chi connectivity index (χ0n) is 23.0. The molecule has 3 N–H and O–H groups in total. The van der Waals surface area contributed by atoms with Crippen molar-refractivity contribution in [1.29, 1.82) is 0 Å². The van der Waals surface area contributed by atoms with E-state index in [4.69, 9.17) is 0 Å². The second kappa shape index (κ2) is 12.8. The smallest absolute Gasteiger partial charge is 0.422 e. The molecule has 0 spiro atoms. The molecule has 2 heterocycles. The van der Waals surface area contributed by atoms with E-state index < -0.39 is 40.6 Å². The number of halogens is 6. The molecule has 1 saturated heterocycles. The number of ether oxygens (including phenoxy) is 1. The van der Waals surface area contributed by atoms with Crippen molar-refractivity contribution in [1.82, 2.24) is 19.3 Å². The van der Waals surface area contributed by atoms with Crippen LogP contribution in [0.3, 0.4) is 0 Å². The number of benzene rings is 2. The highest BCUT2D eigenvalue weighted by molar-refractivity contribution is 7.89. The van der Waals surface area contributed by atoms with Crippen LogP contribution in [-0.2, 0) is 16.2 Å². The van der Waals surface area contributed by atoms with Gasteiger partial charge in [0, 0.05) is 36.5 Å². The van der Waals surface area contributed by atoms with Crippen molar-refractivity contribution >= 4 is 33.3 Å². The lowest BCUT2D eigenvalue weighted by molar-refractivity contribution is -0.154. The third kappa shape index (κ3) is 9.06. The predicted octanol–water partition coefficient (Wildman–Crippen LogP) is 5.66. The number of nitrogens with one attached hydrogen (secondary N) is 3. The summed E-state index contributed by atoms with van der Waals surface area (Å²) < 4.78 is 110. The van der Waals surface area contributed by atoms with Gasteiger partial charge in [-0.05, 0) is 63.1 Å². The molecule has 0 unspecified atom stereocenters. The normalized spacial score (nSPS) is 15.4. The number of anilines is 4. The minimum atomic E-state index is -4.70. The third-order valence-electron chi connectivity index (χ3n) is 6.14. The first-order valence-corrected chi connectivity index (χ1v) is 14.6. The Balaban J connectivity index is 1.48. The van der Waals surface area contributed by atoms with E-state index in [1.54, 1.807) is 18.2 Å². The van der Waals surface area contributed by atoms with Gasteiger partial charge in [0.25, 0.3) is 0 Å². The molecule has 43 heavy (non-hydrogen) atoms. The monoisotopic (exact) mass is 633 g/mol. The van der Waals surface area contributed by atoms with Crippen molar-refractivity contribution in [3.63, 3.8) is 0 Å². The summed E-state index contributed by atoms with van der Waals surface area (Å²) in [4.78, 5) is 11.8. The highest BCUT2D eigenvalue weighted by Gasteiger charge is 2.32. The van der Waals surface area contributed by atoms with Crippen LogP contribution in [0.15, 0.2) is 53.4 Å². The Bertz CT molecular complexity index is 1510. The number of nitrogens with zero attached hydrogens (tertiary/aromatic N) is 4. The van der Waals surface area contributed by atoms with Crippen LogP contribution < -0.4 is 20.7 Å². The van der Waals surface area contributed by atoms with E-state index in [0.717, 1.165) is 18.2 Å². The fourth-order valence-corrected chi connectivity index (χ4v) is 5.76. The van der Waals surface area contributed by atoms with Crippen LogP contribution in [0.5, 0.6) is 6.01 Å². The lowest BCUT2D eigenvalue weighted by Crippen LogP contribution is -2.42. The van der Waals surface area contributed by atoms with E-state index in [-0.39, 0.29) is 47.7 Å². The summed E-state index contributed by atoms with van der Waals surface area (Å²) in [6.07, 6.45) is -8.70. The first kappa shape index (κ1) is 32.1. The molecule has 1 aliphatic rings. The molecule has 1 aromatic heterocycles. The van der Waals surface area contributed by atoms with Gasteiger partial charge in [0.1, 0.15) is 0 Å². The summed E-state index contributed by atoms with van der Waals surface area (Å²) in [6.45, 7) is 2.44. The molecule has 234 valence electrons. The van der Waals surface area contributed by atoms with E-state index in [1.807, 2.05) is 13.8 Å². The van der Waals surface area contributed by atoms with Gasteiger partial charge in [0.2, 0.25) is 21.9 Å². The second-order valence-electron chi connectivity index (χ2n) is 10.0. The van der Waals surface area contributed by atoms with Gasteiger partial charge < -0.3 is 20.7 Å². The first-order chi connectivity index (χ1) is 20.1. The highest BCUT2D eigenvalue weighted by atomic mass is 32.2. The van der Waals surface area contributed by atoms with Crippen molar-refractivity contribution in [2.24, 2.45) is 0 Å². The SMILES string of the molecule is CC(C)Nc1cccc(S(=O)(=O)N2CCC(Nc3nc(Nc4cccc(C(F)(F)F)c4)nc(OCC(F)(F)F)n3)CC2)c1. The fourth-order valence-electron chi connectivity index (χ4n) is 4.24. The molecular formula is C26H29F6N7O3S. The minimum Gasteiger partial charge on any atom is -0.454 e. The zero-order valence-corrected chi connectivity index (χ0v) is 23.8. The van der Waals surface area contributed by atoms with Crippen LogP contribution in [-0.4, -0.2) is 65.6 Å². The number of sulfonamides is 1. The van der Waals surface area contributed by atoms with E-state index in [1.165, 1.54) is 16.4 Å². The summed E-state index contributed by atoms with van der Waals surface area (Å²) in [5.41, 5.74) is -0.358. The van der Waals surface area contributed by atoms with Gasteiger partial charge in [-0.15, -0.1) is 0 Å². The number of alkyl halides is 6. The molecule has 10 nitrogen and oxygen atoms in total. The van der Waals surface area contributed by atoms with Gasteiger partial charge in [-0.2, -0.15) is 45.6 Å². The predicted molar refractivity (Wildman–Crippen MR) is 147 cm³/mol. The van der Waals surface area contributed by atoms with Crippen LogP contribution in [0.25, 0.3) is 0 Å². The largest absolute Gasteiger partial charge is 0.454 e. The molecule has 2 aromatic carbocycles. The first-order valence-electron chi connectivity index (χ1n) is 13.1. The van der Waals surface area contributed by atoms with Crippen molar-refractivity contribution in [3.05, 3.63) is 54.1 Å². The number of aromatic nitrogens is 3. The molecule has 0 atom stereocenters. The second-order valence-corrected chi connectivity index (χ2v) is 12.0. The number of hydrogen-bond donors (Lipinski definition) is 3. The molecule has 1 aliphatic heterocycles. The van der Waals surface area contributed by atoms with E-state index >= 15 is 0 Å². The maximum Gasteiger partial charge on any atom is 0.422 e. The van der Waals surface area contributed by atoms with Crippen molar-refractivity contribution in [2.75, 3.05) is 35.6 Å². The fraction of sp³-hybridized carbons (Fsp3) is 0.423. The molecule has 0 saturated carbocycles. The topological polar surface area (TPSA) is 121 Å². The minimum absolute atomic E-state index is 0.0695. The van der Waals surface area contributed by atoms with Gasteiger partial charge in [-0.1, -0.05) is 12.1 Å². The third-order valence-corrected chi connectivity index (χ3v) is 8.03. The highest BCUT2D eigenvalue weighted by Crippen LogP contribution is 2.31. The molecule has 0 bridgehead atoms. The van der Waals surface area contributed by atoms with Crippen LogP contribution in [0.4, 0.5) is 49.6 Å². The maximum atomic E-state index is 13.2. The van der Waals surface area contributed by atoms with E-state index in [9.17, 15) is 34.8 Å². The van der Waals surface area contributed by atoms with E-state index in [2.05, 4.69) is 35.6 Å². The summed E-state index contributed by atoms with van der Waals surface area (Å²) in [5.74, 6) is -0.556. The number of piperidine rings is 1. The molecule has 0 radical (unpaired) electrons.